The van der Waals surface area contributed by atoms with Gasteiger partial charge in [0.25, 0.3) is 0 Å². The minimum absolute atomic E-state index is 0.572. The lowest BCUT2D eigenvalue weighted by Gasteiger charge is -2.10. The van der Waals surface area contributed by atoms with Crippen LogP contribution in [-0.2, 0) is 0 Å². The third-order valence-corrected chi connectivity index (χ3v) is 3.02. The molecule has 102 valence electrons. The summed E-state index contributed by atoms with van der Waals surface area (Å²) in [5.74, 6) is 1.29. The number of benzene rings is 1. The molecule has 0 aliphatic rings. The van der Waals surface area contributed by atoms with Crippen LogP contribution >= 0.6 is 0 Å². The van der Waals surface area contributed by atoms with Crippen LogP contribution in [0.5, 0.6) is 0 Å². The zero-order chi connectivity index (χ0) is 13.9. The maximum atomic E-state index is 4.49. The van der Waals surface area contributed by atoms with Gasteiger partial charge in [-0.1, -0.05) is 18.2 Å². The molecule has 2 aromatic heterocycles. The zero-order valence-electron chi connectivity index (χ0n) is 11.4. The first-order valence-corrected chi connectivity index (χ1v) is 6.55. The van der Waals surface area contributed by atoms with Gasteiger partial charge in [0.05, 0.1) is 6.33 Å². The van der Waals surface area contributed by atoms with E-state index in [1.54, 1.807) is 6.33 Å². The number of fused-ring (bicyclic) bond motifs is 1. The van der Waals surface area contributed by atoms with Crippen LogP contribution in [0.25, 0.3) is 11.2 Å². The number of anilines is 3. The van der Waals surface area contributed by atoms with Gasteiger partial charge in [0.15, 0.2) is 11.5 Å². The van der Waals surface area contributed by atoms with Crippen molar-refractivity contribution in [2.75, 3.05) is 17.2 Å². The number of imidazole rings is 1. The lowest BCUT2D eigenvalue weighted by Crippen LogP contribution is -2.05. The second-order valence-corrected chi connectivity index (χ2v) is 4.47. The van der Waals surface area contributed by atoms with E-state index in [0.29, 0.717) is 11.6 Å². The SMILES string of the molecule is CCNc1nc(Nc2ccccc2C)c2[nH]cnc2n1. The lowest BCUT2D eigenvalue weighted by atomic mass is 10.2. The molecule has 2 heterocycles. The molecule has 0 spiro atoms. The predicted molar refractivity (Wildman–Crippen MR) is 80.3 cm³/mol. The molecule has 3 N–H and O–H groups in total. The average molecular weight is 268 g/mol. The lowest BCUT2D eigenvalue weighted by molar-refractivity contribution is 1.10. The maximum absolute atomic E-state index is 4.49. The van der Waals surface area contributed by atoms with Crippen LogP contribution in [0.2, 0.25) is 0 Å². The van der Waals surface area contributed by atoms with Gasteiger partial charge in [-0.3, -0.25) is 0 Å². The molecule has 0 radical (unpaired) electrons. The summed E-state index contributed by atoms with van der Waals surface area (Å²) in [5, 5.41) is 6.45. The zero-order valence-corrected chi connectivity index (χ0v) is 11.4. The number of para-hydroxylation sites is 1. The van der Waals surface area contributed by atoms with Gasteiger partial charge in [0.2, 0.25) is 5.95 Å². The van der Waals surface area contributed by atoms with Gasteiger partial charge in [-0.2, -0.15) is 9.97 Å². The number of aromatic amines is 1. The minimum Gasteiger partial charge on any atom is -0.354 e. The fourth-order valence-electron chi connectivity index (χ4n) is 2.00. The summed E-state index contributed by atoms with van der Waals surface area (Å²) < 4.78 is 0. The molecule has 0 atom stereocenters. The van der Waals surface area contributed by atoms with Gasteiger partial charge in [-0.25, -0.2) is 4.98 Å². The number of H-pyrrole nitrogens is 1. The highest BCUT2D eigenvalue weighted by Gasteiger charge is 2.10. The predicted octanol–water partition coefficient (Wildman–Crippen LogP) is 2.84. The van der Waals surface area contributed by atoms with Gasteiger partial charge in [-0.05, 0) is 25.5 Å². The first kappa shape index (κ1) is 12.4. The smallest absolute Gasteiger partial charge is 0.226 e. The third kappa shape index (κ3) is 2.27. The number of aromatic nitrogens is 4. The molecule has 20 heavy (non-hydrogen) atoms. The molecule has 6 heteroatoms. The summed E-state index contributed by atoms with van der Waals surface area (Å²) in [6.07, 6.45) is 1.62. The molecule has 0 unspecified atom stereocenters. The van der Waals surface area contributed by atoms with Gasteiger partial charge in [0.1, 0.15) is 5.52 Å². The number of nitrogens with zero attached hydrogens (tertiary/aromatic N) is 3. The Hall–Kier alpha value is -2.63. The summed E-state index contributed by atoms with van der Waals surface area (Å²) in [6, 6.07) is 8.08. The average Bonchev–Trinajstić information content (AvgIpc) is 2.90. The van der Waals surface area contributed by atoms with Gasteiger partial charge < -0.3 is 15.6 Å². The monoisotopic (exact) mass is 268 g/mol. The summed E-state index contributed by atoms with van der Waals surface area (Å²) in [6.45, 7) is 4.82. The second-order valence-electron chi connectivity index (χ2n) is 4.47. The molecule has 0 amide bonds. The van der Waals surface area contributed by atoms with Crippen molar-refractivity contribution in [2.45, 2.75) is 13.8 Å². The molecule has 3 rings (SSSR count). The van der Waals surface area contributed by atoms with Crippen LogP contribution in [0.4, 0.5) is 17.5 Å². The van der Waals surface area contributed by atoms with Gasteiger partial charge in [0, 0.05) is 12.2 Å². The van der Waals surface area contributed by atoms with Crippen LogP contribution in [-0.4, -0.2) is 26.5 Å². The van der Waals surface area contributed by atoms with E-state index in [-0.39, 0.29) is 0 Å². The van der Waals surface area contributed by atoms with Crippen molar-refractivity contribution in [1.29, 1.82) is 0 Å². The van der Waals surface area contributed by atoms with E-state index in [9.17, 15) is 0 Å². The van der Waals surface area contributed by atoms with Crippen molar-refractivity contribution in [3.05, 3.63) is 36.2 Å². The molecule has 0 aliphatic heterocycles. The summed E-state index contributed by atoms with van der Waals surface area (Å²) >= 11 is 0. The Kier molecular flexibility index (Phi) is 3.20. The van der Waals surface area contributed by atoms with E-state index in [1.807, 2.05) is 25.1 Å². The fourth-order valence-corrected chi connectivity index (χ4v) is 2.00. The van der Waals surface area contributed by atoms with Crippen molar-refractivity contribution < 1.29 is 0 Å². The van der Waals surface area contributed by atoms with Gasteiger partial charge >= 0.3 is 0 Å². The Bertz CT molecular complexity index is 733. The number of hydrogen-bond donors (Lipinski definition) is 3. The molecule has 0 fully saturated rings. The van der Waals surface area contributed by atoms with E-state index in [0.717, 1.165) is 29.1 Å². The number of rotatable bonds is 4. The molecule has 6 nitrogen and oxygen atoms in total. The van der Waals surface area contributed by atoms with Crippen LogP contribution in [0.3, 0.4) is 0 Å². The van der Waals surface area contributed by atoms with Crippen molar-refractivity contribution in [1.82, 2.24) is 19.9 Å². The molecular formula is C14H16N6. The van der Waals surface area contributed by atoms with E-state index in [4.69, 9.17) is 0 Å². The van der Waals surface area contributed by atoms with Gasteiger partial charge in [-0.15, -0.1) is 0 Å². The van der Waals surface area contributed by atoms with Crippen molar-refractivity contribution >= 4 is 28.6 Å². The Morgan fingerprint density at radius 1 is 1.20 bits per heavy atom. The quantitative estimate of drug-likeness (QED) is 0.678. The van der Waals surface area contributed by atoms with Crippen molar-refractivity contribution in [3.63, 3.8) is 0 Å². The highest BCUT2D eigenvalue weighted by atomic mass is 15.2. The molecule has 1 aromatic carbocycles. The molecule has 3 aromatic rings. The Morgan fingerprint density at radius 3 is 2.85 bits per heavy atom. The van der Waals surface area contributed by atoms with E-state index in [2.05, 4.69) is 43.6 Å². The number of hydrogen-bond acceptors (Lipinski definition) is 5. The highest BCUT2D eigenvalue weighted by molar-refractivity contribution is 5.86. The molecule has 0 aliphatic carbocycles. The summed E-state index contributed by atoms with van der Waals surface area (Å²) in [5.41, 5.74) is 3.62. The van der Waals surface area contributed by atoms with Crippen LogP contribution < -0.4 is 10.6 Å². The first-order chi connectivity index (χ1) is 9.78. The Morgan fingerprint density at radius 2 is 2.05 bits per heavy atom. The standard InChI is InChI=1S/C14H16N6/c1-3-15-14-19-12-11(16-8-17-12)13(20-14)18-10-7-5-4-6-9(10)2/h4-8H,3H2,1-2H3,(H3,15,16,17,18,19,20). The van der Waals surface area contributed by atoms with Crippen LogP contribution in [0, 0.1) is 6.92 Å². The van der Waals surface area contributed by atoms with Crippen LogP contribution in [0.1, 0.15) is 12.5 Å². The maximum Gasteiger partial charge on any atom is 0.226 e. The number of nitrogens with one attached hydrogen (secondary N) is 3. The molecule has 0 saturated heterocycles. The van der Waals surface area contributed by atoms with E-state index < -0.39 is 0 Å². The third-order valence-electron chi connectivity index (χ3n) is 3.02. The topological polar surface area (TPSA) is 78.5 Å². The highest BCUT2D eigenvalue weighted by Crippen LogP contribution is 2.24. The largest absolute Gasteiger partial charge is 0.354 e. The van der Waals surface area contributed by atoms with E-state index in [1.165, 1.54) is 0 Å². The minimum atomic E-state index is 0.572. The van der Waals surface area contributed by atoms with Crippen molar-refractivity contribution in [3.8, 4) is 0 Å². The van der Waals surface area contributed by atoms with Crippen molar-refractivity contribution in [2.24, 2.45) is 0 Å². The van der Waals surface area contributed by atoms with Crippen LogP contribution in [0.15, 0.2) is 30.6 Å². The Labute approximate surface area is 116 Å². The molecular weight excluding hydrogens is 252 g/mol. The number of aryl methyl sites for hydroxylation is 1. The Balaban J connectivity index is 2.05. The normalized spacial score (nSPS) is 10.7. The first-order valence-electron chi connectivity index (χ1n) is 6.55. The molecule has 0 saturated carbocycles. The van der Waals surface area contributed by atoms with E-state index >= 15 is 0 Å². The fraction of sp³-hybridized carbons (Fsp3) is 0.214. The second kappa shape index (κ2) is 5.16. The molecule has 0 bridgehead atoms. The summed E-state index contributed by atoms with van der Waals surface area (Å²) in [7, 11) is 0. The summed E-state index contributed by atoms with van der Waals surface area (Å²) in [4.78, 5) is 16.1.